The van der Waals surface area contributed by atoms with Gasteiger partial charge in [-0.05, 0) is 44.4 Å². The summed E-state index contributed by atoms with van der Waals surface area (Å²) in [6.45, 7) is 5.63. The molecule has 2 aromatic heterocycles. The Bertz CT molecular complexity index is 990. The first kappa shape index (κ1) is 17.3. The molecule has 0 unspecified atom stereocenters. The number of nitrogens with zero attached hydrogens (tertiary/aromatic N) is 2. The number of carbonyl (C=O) groups excluding carboxylic acids is 1. The lowest BCUT2D eigenvalue weighted by Gasteiger charge is -2.05. The molecular weight excluding hydrogens is 336 g/mol. The molecule has 2 heterocycles. The molecule has 6 nitrogen and oxygen atoms in total. The molecule has 3 rings (SSSR count). The Labute approximate surface area is 149 Å². The summed E-state index contributed by atoms with van der Waals surface area (Å²) >= 11 is 1.46. The van der Waals surface area contributed by atoms with Gasteiger partial charge in [0.2, 0.25) is 5.91 Å². The zero-order chi connectivity index (χ0) is 18.0. The number of aromatic nitrogens is 3. The second-order valence-corrected chi connectivity index (χ2v) is 6.97. The van der Waals surface area contributed by atoms with Crippen LogP contribution in [0.3, 0.4) is 0 Å². The van der Waals surface area contributed by atoms with Gasteiger partial charge in [0.05, 0.1) is 10.2 Å². The lowest BCUT2D eigenvalue weighted by atomic mass is 10.1. The Hall–Kier alpha value is -2.54. The summed E-state index contributed by atoms with van der Waals surface area (Å²) in [6, 6.07) is 6.12. The number of benzene rings is 1. The number of aryl methyl sites for hydroxylation is 3. The first-order chi connectivity index (χ1) is 12.0. The minimum atomic E-state index is -0.176. The van der Waals surface area contributed by atoms with Crippen LogP contribution in [0.15, 0.2) is 23.0 Å². The zero-order valence-electron chi connectivity index (χ0n) is 14.5. The first-order valence-corrected chi connectivity index (χ1v) is 9.03. The normalized spacial score (nSPS) is 11.0. The Balaban J connectivity index is 1.68. The van der Waals surface area contributed by atoms with E-state index in [4.69, 9.17) is 0 Å². The molecular formula is C18H20N4O2S. The van der Waals surface area contributed by atoms with Crippen LogP contribution in [0.2, 0.25) is 0 Å². The number of fused-ring (bicyclic) bond motifs is 1. The van der Waals surface area contributed by atoms with E-state index >= 15 is 0 Å². The molecule has 0 aliphatic rings. The molecule has 0 aliphatic heterocycles. The van der Waals surface area contributed by atoms with Crippen molar-refractivity contribution in [2.24, 2.45) is 0 Å². The van der Waals surface area contributed by atoms with E-state index in [1.807, 2.05) is 12.1 Å². The van der Waals surface area contributed by atoms with Gasteiger partial charge >= 0.3 is 0 Å². The number of nitrogens with one attached hydrogen (secondary N) is 2. The van der Waals surface area contributed by atoms with Gasteiger partial charge in [0.25, 0.3) is 5.56 Å². The highest BCUT2D eigenvalue weighted by Crippen LogP contribution is 2.27. The van der Waals surface area contributed by atoms with Crippen molar-refractivity contribution in [3.8, 4) is 0 Å². The molecule has 0 fully saturated rings. The maximum atomic E-state index is 12.2. The SMILES string of the molecule is CCc1ccc2nc(NC(=O)CCc3c(C)nc(C)[nH]c3=O)sc2c1. The van der Waals surface area contributed by atoms with E-state index in [0.29, 0.717) is 28.6 Å². The van der Waals surface area contributed by atoms with Gasteiger partial charge < -0.3 is 10.3 Å². The van der Waals surface area contributed by atoms with Crippen molar-refractivity contribution in [2.75, 3.05) is 5.32 Å². The maximum absolute atomic E-state index is 12.2. The molecule has 130 valence electrons. The van der Waals surface area contributed by atoms with E-state index in [1.165, 1.54) is 16.9 Å². The third-order valence-electron chi connectivity index (χ3n) is 4.05. The van der Waals surface area contributed by atoms with Crippen LogP contribution in [0.1, 0.15) is 36.0 Å². The van der Waals surface area contributed by atoms with Gasteiger partial charge in [0.1, 0.15) is 5.82 Å². The van der Waals surface area contributed by atoms with Crippen LogP contribution in [0.4, 0.5) is 5.13 Å². The predicted molar refractivity (Wildman–Crippen MR) is 100 cm³/mol. The smallest absolute Gasteiger partial charge is 0.254 e. The van der Waals surface area contributed by atoms with E-state index in [2.05, 4.69) is 33.3 Å². The van der Waals surface area contributed by atoms with Crippen LogP contribution in [0.25, 0.3) is 10.2 Å². The number of hydrogen-bond donors (Lipinski definition) is 2. The summed E-state index contributed by atoms with van der Waals surface area (Å²) in [5.41, 5.74) is 3.17. The molecule has 0 saturated carbocycles. The molecule has 1 aromatic carbocycles. The van der Waals surface area contributed by atoms with E-state index < -0.39 is 0 Å². The summed E-state index contributed by atoms with van der Waals surface area (Å²) in [5.74, 6) is 0.422. The summed E-state index contributed by atoms with van der Waals surface area (Å²) in [7, 11) is 0. The number of rotatable bonds is 5. The van der Waals surface area contributed by atoms with Gasteiger partial charge in [0, 0.05) is 17.7 Å². The van der Waals surface area contributed by atoms with Crippen LogP contribution in [-0.2, 0) is 17.6 Å². The molecule has 0 saturated heterocycles. The number of thiazole rings is 1. The number of hydrogen-bond acceptors (Lipinski definition) is 5. The van der Waals surface area contributed by atoms with Crippen LogP contribution in [-0.4, -0.2) is 20.9 Å². The molecule has 0 aliphatic carbocycles. The Morgan fingerprint density at radius 1 is 1.28 bits per heavy atom. The number of H-pyrrole nitrogens is 1. The van der Waals surface area contributed by atoms with Gasteiger partial charge in [-0.2, -0.15) is 0 Å². The summed E-state index contributed by atoms with van der Waals surface area (Å²) in [6.07, 6.45) is 1.53. The van der Waals surface area contributed by atoms with Crippen molar-refractivity contribution < 1.29 is 4.79 Å². The summed E-state index contributed by atoms with van der Waals surface area (Å²) < 4.78 is 1.06. The number of anilines is 1. The second kappa shape index (κ2) is 7.14. The Morgan fingerprint density at radius 3 is 2.80 bits per heavy atom. The van der Waals surface area contributed by atoms with Gasteiger partial charge in [0.15, 0.2) is 5.13 Å². The van der Waals surface area contributed by atoms with Crippen LogP contribution < -0.4 is 10.9 Å². The van der Waals surface area contributed by atoms with Crippen molar-refractivity contribution in [3.05, 3.63) is 51.2 Å². The van der Waals surface area contributed by atoms with Crippen molar-refractivity contribution >= 4 is 32.6 Å². The van der Waals surface area contributed by atoms with E-state index in [1.54, 1.807) is 13.8 Å². The molecule has 25 heavy (non-hydrogen) atoms. The van der Waals surface area contributed by atoms with E-state index in [0.717, 1.165) is 16.6 Å². The zero-order valence-corrected chi connectivity index (χ0v) is 15.3. The number of aromatic amines is 1. The fraction of sp³-hybridized carbons (Fsp3) is 0.333. The van der Waals surface area contributed by atoms with E-state index in [9.17, 15) is 9.59 Å². The van der Waals surface area contributed by atoms with Crippen molar-refractivity contribution in [2.45, 2.75) is 40.0 Å². The molecule has 2 N–H and O–H groups in total. The highest BCUT2D eigenvalue weighted by Gasteiger charge is 2.12. The standard InChI is InChI=1S/C18H20N4O2S/c1-4-12-5-7-14-15(9-12)25-18(21-14)22-16(23)8-6-13-10(2)19-11(3)20-17(13)24/h5,7,9H,4,6,8H2,1-3H3,(H,19,20,24)(H,21,22,23). The second-order valence-electron chi connectivity index (χ2n) is 5.94. The highest BCUT2D eigenvalue weighted by molar-refractivity contribution is 7.22. The lowest BCUT2D eigenvalue weighted by molar-refractivity contribution is -0.116. The topological polar surface area (TPSA) is 87.7 Å². The van der Waals surface area contributed by atoms with Crippen molar-refractivity contribution in [1.82, 2.24) is 15.0 Å². The minimum Gasteiger partial charge on any atom is -0.311 e. The van der Waals surface area contributed by atoms with Gasteiger partial charge in [-0.25, -0.2) is 9.97 Å². The molecule has 7 heteroatoms. The average molecular weight is 356 g/mol. The summed E-state index contributed by atoms with van der Waals surface area (Å²) in [5, 5.41) is 3.41. The van der Waals surface area contributed by atoms with Crippen LogP contribution >= 0.6 is 11.3 Å². The monoisotopic (exact) mass is 356 g/mol. The largest absolute Gasteiger partial charge is 0.311 e. The van der Waals surface area contributed by atoms with Crippen molar-refractivity contribution in [1.29, 1.82) is 0 Å². The fourth-order valence-corrected chi connectivity index (χ4v) is 3.65. The van der Waals surface area contributed by atoms with Gasteiger partial charge in [-0.3, -0.25) is 9.59 Å². The lowest BCUT2D eigenvalue weighted by Crippen LogP contribution is -2.20. The van der Waals surface area contributed by atoms with E-state index in [-0.39, 0.29) is 17.9 Å². The fourth-order valence-electron chi connectivity index (χ4n) is 2.71. The average Bonchev–Trinajstić information content (AvgIpc) is 2.94. The minimum absolute atomic E-state index is 0.158. The Kier molecular flexibility index (Phi) is 4.94. The highest BCUT2D eigenvalue weighted by atomic mass is 32.1. The predicted octanol–water partition coefficient (Wildman–Crippen LogP) is 3.13. The number of amides is 1. The first-order valence-electron chi connectivity index (χ1n) is 8.22. The van der Waals surface area contributed by atoms with Crippen LogP contribution in [0, 0.1) is 13.8 Å². The quantitative estimate of drug-likeness (QED) is 0.735. The molecule has 0 bridgehead atoms. The van der Waals surface area contributed by atoms with Gasteiger partial charge in [-0.1, -0.05) is 24.3 Å². The Morgan fingerprint density at radius 2 is 2.08 bits per heavy atom. The number of carbonyl (C=O) groups is 1. The van der Waals surface area contributed by atoms with Crippen LogP contribution in [0.5, 0.6) is 0 Å². The molecule has 0 radical (unpaired) electrons. The van der Waals surface area contributed by atoms with Crippen molar-refractivity contribution in [3.63, 3.8) is 0 Å². The molecule has 0 spiro atoms. The molecule has 0 atom stereocenters. The molecule has 1 amide bonds. The molecule has 3 aromatic rings. The summed E-state index contributed by atoms with van der Waals surface area (Å²) in [4.78, 5) is 35.5. The maximum Gasteiger partial charge on any atom is 0.254 e. The third kappa shape index (κ3) is 3.93. The third-order valence-corrected chi connectivity index (χ3v) is 4.98. The van der Waals surface area contributed by atoms with Gasteiger partial charge in [-0.15, -0.1) is 0 Å².